The maximum atomic E-state index is 14.1. The molecule has 2 unspecified atom stereocenters. The minimum atomic E-state index is -0.967. The number of amides is 3. The van der Waals surface area contributed by atoms with Crippen LogP contribution in [0.2, 0.25) is 0 Å². The number of carbonyl (C=O) groups excluding carboxylic acids is 4. The maximum absolute atomic E-state index is 14.1. The number of nitrogens with zero attached hydrogens (tertiary/aromatic N) is 1. The minimum absolute atomic E-state index is 0.163. The molecular weight excluding hydrogens is 494 g/mol. The van der Waals surface area contributed by atoms with E-state index in [1.54, 1.807) is 37.4 Å². The summed E-state index contributed by atoms with van der Waals surface area (Å²) in [5, 5.41) is 5.37. The van der Waals surface area contributed by atoms with Gasteiger partial charge in [-0.25, -0.2) is 4.79 Å². The Morgan fingerprint density at radius 1 is 1.14 bits per heavy atom. The lowest BCUT2D eigenvalue weighted by Gasteiger charge is -2.43. The summed E-state index contributed by atoms with van der Waals surface area (Å²) in [7, 11) is 1.25. The zero-order valence-electron chi connectivity index (χ0n) is 22.8. The van der Waals surface area contributed by atoms with Gasteiger partial charge in [-0.05, 0) is 76.0 Å². The molecule has 0 bridgehead atoms. The summed E-state index contributed by atoms with van der Waals surface area (Å²) in [6.45, 7) is 7.00. The second kappa shape index (κ2) is 14.3. The van der Waals surface area contributed by atoms with Crippen LogP contribution in [0.4, 0.5) is 4.79 Å². The van der Waals surface area contributed by atoms with Gasteiger partial charge >= 0.3 is 12.1 Å². The normalized spacial score (nSPS) is 15.1. The monoisotopic (exact) mass is 535 g/mol. The number of nitrogens with one attached hydrogen (secondary N) is 2. The van der Waals surface area contributed by atoms with E-state index in [0.29, 0.717) is 17.7 Å². The lowest BCUT2D eigenvalue weighted by molar-refractivity contribution is -0.148. The summed E-state index contributed by atoms with van der Waals surface area (Å²) < 4.78 is 10.1. The third-order valence-electron chi connectivity index (χ3n) is 6.19. The first-order valence-electron chi connectivity index (χ1n) is 12.7. The second-order valence-corrected chi connectivity index (χ2v) is 11.1. The highest BCUT2D eigenvalue weighted by Gasteiger charge is 2.42. The molecule has 1 aliphatic rings. The van der Waals surface area contributed by atoms with Gasteiger partial charge in [0.1, 0.15) is 24.2 Å². The van der Waals surface area contributed by atoms with Crippen molar-refractivity contribution in [3.8, 4) is 0 Å². The lowest BCUT2D eigenvalue weighted by Crippen LogP contribution is -2.57. The van der Waals surface area contributed by atoms with Crippen molar-refractivity contribution in [2.24, 2.45) is 0 Å². The molecular formula is C27H41N3O6S. The first kappa shape index (κ1) is 30.5. The second-order valence-electron chi connectivity index (χ2n) is 10.1. The maximum Gasteiger partial charge on any atom is 0.408 e. The molecule has 0 radical (unpaired) electrons. The van der Waals surface area contributed by atoms with Crippen LogP contribution in [0, 0.1) is 0 Å². The highest BCUT2D eigenvalue weighted by atomic mass is 32.2. The third kappa shape index (κ3) is 9.25. The van der Waals surface area contributed by atoms with Crippen LogP contribution < -0.4 is 10.6 Å². The molecule has 1 fully saturated rings. The number of esters is 1. The zero-order chi connectivity index (χ0) is 27.6. The summed E-state index contributed by atoms with van der Waals surface area (Å²) in [6.07, 6.45) is 4.91. The molecule has 1 aromatic carbocycles. The first-order valence-corrected chi connectivity index (χ1v) is 14.1. The van der Waals surface area contributed by atoms with E-state index in [2.05, 4.69) is 15.4 Å². The number of rotatable bonds is 12. The van der Waals surface area contributed by atoms with Gasteiger partial charge in [-0.2, -0.15) is 11.8 Å². The van der Waals surface area contributed by atoms with Gasteiger partial charge in [0.25, 0.3) is 0 Å². The summed E-state index contributed by atoms with van der Waals surface area (Å²) in [5.74, 6) is -0.771. The molecule has 2 N–H and O–H groups in total. The van der Waals surface area contributed by atoms with Crippen LogP contribution in [-0.4, -0.2) is 72.1 Å². The van der Waals surface area contributed by atoms with Crippen LogP contribution in [-0.2, 0) is 30.3 Å². The Bertz CT molecular complexity index is 927. The Morgan fingerprint density at radius 3 is 2.27 bits per heavy atom. The molecule has 1 aromatic rings. The van der Waals surface area contributed by atoms with Crippen LogP contribution >= 0.6 is 11.8 Å². The number of aryl methyl sites for hydroxylation is 1. The number of methoxy groups -OCH3 is 1. The zero-order valence-corrected chi connectivity index (χ0v) is 23.6. The van der Waals surface area contributed by atoms with E-state index in [4.69, 9.17) is 4.74 Å². The molecule has 3 amide bonds. The summed E-state index contributed by atoms with van der Waals surface area (Å²) >= 11 is 1.56. The third-order valence-corrected chi connectivity index (χ3v) is 6.83. The predicted molar refractivity (Wildman–Crippen MR) is 144 cm³/mol. The summed E-state index contributed by atoms with van der Waals surface area (Å²) in [4.78, 5) is 53.6. The fourth-order valence-corrected chi connectivity index (χ4v) is 4.48. The molecule has 2 rings (SSSR count). The van der Waals surface area contributed by atoms with Crippen molar-refractivity contribution < 1.29 is 28.7 Å². The highest BCUT2D eigenvalue weighted by Crippen LogP contribution is 2.34. The minimum Gasteiger partial charge on any atom is -0.468 e. The molecule has 37 heavy (non-hydrogen) atoms. The van der Waals surface area contributed by atoms with Crippen molar-refractivity contribution in [3.05, 3.63) is 35.4 Å². The van der Waals surface area contributed by atoms with Crippen molar-refractivity contribution in [1.82, 2.24) is 15.5 Å². The molecule has 0 spiro atoms. The molecule has 2 atom stereocenters. The van der Waals surface area contributed by atoms with E-state index >= 15 is 0 Å². The summed E-state index contributed by atoms with van der Waals surface area (Å²) in [6, 6.07) is 5.56. The van der Waals surface area contributed by atoms with E-state index in [-0.39, 0.29) is 18.5 Å². The SMILES string of the molecule is CCc1ccc(C(C(=O)NCC(=O)OC)N(C(=O)C(CCSC)NC(=O)OC(C)(C)C)C2CCC2)cc1. The Labute approximate surface area is 224 Å². The Balaban J connectivity index is 2.45. The van der Waals surface area contributed by atoms with Gasteiger partial charge in [0.05, 0.1) is 7.11 Å². The first-order chi connectivity index (χ1) is 17.5. The molecule has 0 heterocycles. The van der Waals surface area contributed by atoms with Gasteiger partial charge in [-0.1, -0.05) is 31.2 Å². The molecule has 0 aromatic heterocycles. The van der Waals surface area contributed by atoms with Crippen LogP contribution in [0.5, 0.6) is 0 Å². The van der Waals surface area contributed by atoms with Gasteiger partial charge in [-0.3, -0.25) is 14.4 Å². The Hall–Kier alpha value is -2.75. The number of alkyl carbamates (subject to hydrolysis) is 1. The van der Waals surface area contributed by atoms with Gasteiger partial charge in [0.2, 0.25) is 11.8 Å². The van der Waals surface area contributed by atoms with Crippen LogP contribution in [0.25, 0.3) is 0 Å². The average molecular weight is 536 g/mol. The Morgan fingerprint density at radius 2 is 1.78 bits per heavy atom. The van der Waals surface area contributed by atoms with E-state index in [1.807, 2.05) is 37.4 Å². The van der Waals surface area contributed by atoms with E-state index in [9.17, 15) is 19.2 Å². The van der Waals surface area contributed by atoms with E-state index < -0.39 is 35.7 Å². The number of hydrogen-bond acceptors (Lipinski definition) is 7. The molecule has 0 aliphatic heterocycles. The Kier molecular flexibility index (Phi) is 11.7. The largest absolute Gasteiger partial charge is 0.468 e. The fraction of sp³-hybridized carbons (Fsp3) is 0.630. The van der Waals surface area contributed by atoms with Gasteiger partial charge in [-0.15, -0.1) is 0 Å². The van der Waals surface area contributed by atoms with Crippen molar-refractivity contribution in [3.63, 3.8) is 0 Å². The van der Waals surface area contributed by atoms with Crippen molar-refractivity contribution in [2.75, 3.05) is 25.7 Å². The van der Waals surface area contributed by atoms with E-state index in [0.717, 1.165) is 31.2 Å². The van der Waals surface area contributed by atoms with Crippen molar-refractivity contribution in [2.45, 2.75) is 83.5 Å². The van der Waals surface area contributed by atoms with Crippen LogP contribution in [0.3, 0.4) is 0 Å². The van der Waals surface area contributed by atoms with Crippen molar-refractivity contribution >= 4 is 35.6 Å². The fourth-order valence-electron chi connectivity index (χ4n) is 4.01. The van der Waals surface area contributed by atoms with Crippen molar-refractivity contribution in [1.29, 1.82) is 0 Å². The smallest absolute Gasteiger partial charge is 0.408 e. The number of benzene rings is 1. The van der Waals surface area contributed by atoms with Crippen LogP contribution in [0.1, 0.15) is 70.5 Å². The van der Waals surface area contributed by atoms with Gasteiger partial charge in [0, 0.05) is 6.04 Å². The van der Waals surface area contributed by atoms with Crippen LogP contribution in [0.15, 0.2) is 24.3 Å². The standard InChI is InChI=1S/C27H41N3O6S/c1-7-18-11-13-19(14-12-18)23(24(32)28-17-22(31)35-5)30(20-9-8-10-20)25(33)21(15-16-37-6)29-26(34)36-27(2,3)4/h11-14,20-21,23H,7-10,15-17H2,1-6H3,(H,28,32)(H,29,34). The predicted octanol–water partition coefficient (Wildman–Crippen LogP) is 3.61. The number of hydrogen-bond donors (Lipinski definition) is 2. The lowest BCUT2D eigenvalue weighted by atomic mass is 9.87. The average Bonchev–Trinajstić information content (AvgIpc) is 2.82. The highest BCUT2D eigenvalue weighted by molar-refractivity contribution is 7.98. The molecule has 1 aliphatic carbocycles. The molecule has 9 nitrogen and oxygen atoms in total. The van der Waals surface area contributed by atoms with Gasteiger partial charge in [0.15, 0.2) is 0 Å². The molecule has 10 heteroatoms. The van der Waals surface area contributed by atoms with E-state index in [1.165, 1.54) is 7.11 Å². The number of ether oxygens (including phenoxy) is 2. The number of thioether (sulfide) groups is 1. The molecule has 0 saturated heterocycles. The van der Waals surface area contributed by atoms with Gasteiger partial charge < -0.3 is 25.0 Å². The summed E-state index contributed by atoms with van der Waals surface area (Å²) in [5.41, 5.74) is 1.02. The molecule has 1 saturated carbocycles. The molecule has 206 valence electrons. The quantitative estimate of drug-likeness (QED) is 0.393. The number of carbonyl (C=O) groups is 4. The topological polar surface area (TPSA) is 114 Å².